The molecule has 3 N–H and O–H groups in total. The van der Waals surface area contributed by atoms with Gasteiger partial charge in [0.05, 0.1) is 5.56 Å². The van der Waals surface area contributed by atoms with Gasteiger partial charge in [0.1, 0.15) is 29.5 Å². The van der Waals surface area contributed by atoms with Gasteiger partial charge in [0.2, 0.25) is 17.7 Å². The Morgan fingerprint density at radius 3 is 2.53 bits per heavy atom. The van der Waals surface area contributed by atoms with Crippen molar-refractivity contribution in [3.63, 3.8) is 0 Å². The lowest BCUT2D eigenvalue weighted by Crippen LogP contribution is -2.46. The molecule has 45 heavy (non-hydrogen) atoms. The number of anilines is 3. The summed E-state index contributed by atoms with van der Waals surface area (Å²) in [6.45, 7) is 5.86. The molecule has 14 nitrogen and oxygen atoms in total. The highest BCUT2D eigenvalue weighted by Gasteiger charge is 2.22. The summed E-state index contributed by atoms with van der Waals surface area (Å²) in [6.07, 6.45) is 3.48. The number of nitrogens with one attached hydrogen (secondary N) is 1. The summed E-state index contributed by atoms with van der Waals surface area (Å²) in [5, 5.41) is 12.0. The van der Waals surface area contributed by atoms with E-state index in [4.69, 9.17) is 21.0 Å². The Labute approximate surface area is 259 Å². The number of carbonyl (C=O) groups is 1. The van der Waals surface area contributed by atoms with Crippen LogP contribution in [0.15, 0.2) is 61.1 Å². The fourth-order valence-corrected chi connectivity index (χ4v) is 5.76. The fourth-order valence-electron chi connectivity index (χ4n) is 5.76. The Balaban J connectivity index is 1.15. The van der Waals surface area contributed by atoms with E-state index >= 15 is 0 Å². The fraction of sp³-hybridized carbons (Fsp3) is 0.290. The SMILES string of the molecule is N#Cc1ncnc(N2CCN(Cc3ccc(-n4c(-c5cccnc5N)nc5ccc(N6CCNC(=O)CC6)nc54)cc3)CC2)n1. The number of nitriles is 1. The van der Waals surface area contributed by atoms with Crippen molar-refractivity contribution < 1.29 is 4.79 Å². The number of piperazine rings is 1. The Kier molecular flexibility index (Phi) is 7.58. The van der Waals surface area contributed by atoms with Gasteiger partial charge in [-0.2, -0.15) is 10.2 Å². The first-order valence-electron chi connectivity index (χ1n) is 14.8. The van der Waals surface area contributed by atoms with E-state index < -0.39 is 0 Å². The normalized spacial score (nSPS) is 15.9. The van der Waals surface area contributed by atoms with Gasteiger partial charge >= 0.3 is 0 Å². The maximum absolute atomic E-state index is 11.9. The molecular weight excluding hydrogens is 570 g/mol. The number of imidazole rings is 1. The number of nitrogen functional groups attached to an aromatic ring is 1. The minimum absolute atomic E-state index is 0.0527. The molecule has 7 rings (SSSR count). The van der Waals surface area contributed by atoms with Crippen molar-refractivity contribution in [1.82, 2.24) is 44.7 Å². The number of rotatable bonds is 6. The van der Waals surface area contributed by atoms with Gasteiger partial charge in [0.15, 0.2) is 11.5 Å². The maximum atomic E-state index is 11.9. The summed E-state index contributed by atoms with van der Waals surface area (Å²) in [6, 6.07) is 18.1. The molecule has 14 heteroatoms. The molecule has 226 valence electrons. The smallest absolute Gasteiger partial charge is 0.236 e. The number of pyridine rings is 2. The predicted octanol–water partition coefficient (Wildman–Crippen LogP) is 1.77. The van der Waals surface area contributed by atoms with Crippen LogP contribution in [-0.4, -0.2) is 91.1 Å². The Bertz CT molecular complexity index is 1890. The van der Waals surface area contributed by atoms with Crippen LogP contribution in [0, 0.1) is 11.3 Å². The van der Waals surface area contributed by atoms with Crippen LogP contribution in [0.4, 0.5) is 17.6 Å². The van der Waals surface area contributed by atoms with E-state index in [-0.39, 0.29) is 11.7 Å². The lowest BCUT2D eigenvalue weighted by Gasteiger charge is -2.34. The molecule has 2 saturated heterocycles. The van der Waals surface area contributed by atoms with E-state index in [0.29, 0.717) is 49.3 Å². The second-order valence-corrected chi connectivity index (χ2v) is 11.0. The molecule has 5 aromatic rings. The number of nitrogens with zero attached hydrogens (tertiary/aromatic N) is 11. The van der Waals surface area contributed by atoms with Gasteiger partial charge in [-0.3, -0.25) is 14.3 Å². The number of benzene rings is 1. The van der Waals surface area contributed by atoms with Crippen molar-refractivity contribution in [2.24, 2.45) is 0 Å². The quantitative estimate of drug-likeness (QED) is 0.289. The van der Waals surface area contributed by atoms with Gasteiger partial charge in [-0.25, -0.2) is 24.9 Å². The number of nitrogens with two attached hydrogens (primary N) is 1. The van der Waals surface area contributed by atoms with Crippen LogP contribution in [0.2, 0.25) is 0 Å². The summed E-state index contributed by atoms with van der Waals surface area (Å²) in [7, 11) is 0. The lowest BCUT2D eigenvalue weighted by molar-refractivity contribution is -0.120. The highest BCUT2D eigenvalue weighted by molar-refractivity contribution is 5.84. The zero-order chi connectivity index (χ0) is 30.8. The molecule has 4 aromatic heterocycles. The number of hydrogen-bond donors (Lipinski definition) is 2. The van der Waals surface area contributed by atoms with E-state index in [0.717, 1.165) is 55.3 Å². The Morgan fingerprint density at radius 1 is 0.889 bits per heavy atom. The molecule has 0 spiro atoms. The first kappa shape index (κ1) is 28.1. The number of carbonyl (C=O) groups excluding carboxylic acids is 1. The van der Waals surface area contributed by atoms with Crippen molar-refractivity contribution in [2.75, 3.05) is 61.3 Å². The molecule has 2 fully saturated rings. The van der Waals surface area contributed by atoms with Crippen molar-refractivity contribution in [1.29, 1.82) is 5.26 Å². The molecule has 0 saturated carbocycles. The van der Waals surface area contributed by atoms with Gasteiger partial charge in [-0.15, -0.1) is 0 Å². The minimum atomic E-state index is 0.0527. The van der Waals surface area contributed by atoms with Crippen molar-refractivity contribution in [3.05, 3.63) is 72.4 Å². The van der Waals surface area contributed by atoms with E-state index in [1.165, 1.54) is 11.9 Å². The Hall–Kier alpha value is -5.68. The molecule has 0 radical (unpaired) electrons. The molecular formula is C31H31N13O. The van der Waals surface area contributed by atoms with Crippen LogP contribution in [0.3, 0.4) is 0 Å². The zero-order valence-corrected chi connectivity index (χ0v) is 24.5. The Morgan fingerprint density at radius 2 is 1.73 bits per heavy atom. The second-order valence-electron chi connectivity index (χ2n) is 11.0. The lowest BCUT2D eigenvalue weighted by atomic mass is 10.1. The van der Waals surface area contributed by atoms with Crippen LogP contribution < -0.4 is 20.9 Å². The monoisotopic (exact) mass is 601 g/mol. The van der Waals surface area contributed by atoms with Gasteiger partial charge in [-0.1, -0.05) is 12.1 Å². The average molecular weight is 602 g/mol. The average Bonchev–Trinajstić information content (AvgIpc) is 3.31. The summed E-state index contributed by atoms with van der Waals surface area (Å²) in [5.74, 6) is 2.57. The van der Waals surface area contributed by atoms with Gasteiger partial charge in [0.25, 0.3) is 0 Å². The van der Waals surface area contributed by atoms with Gasteiger partial charge < -0.3 is 20.9 Å². The number of amides is 1. The first-order chi connectivity index (χ1) is 22.1. The summed E-state index contributed by atoms with van der Waals surface area (Å²) in [4.78, 5) is 45.2. The minimum Gasteiger partial charge on any atom is -0.383 e. The van der Waals surface area contributed by atoms with Gasteiger partial charge in [-0.05, 0) is 42.0 Å². The molecule has 0 atom stereocenters. The van der Waals surface area contributed by atoms with E-state index in [1.54, 1.807) is 6.20 Å². The maximum Gasteiger partial charge on any atom is 0.236 e. The molecule has 1 amide bonds. The first-order valence-corrected chi connectivity index (χ1v) is 14.8. The second kappa shape index (κ2) is 12.1. The number of hydrogen-bond acceptors (Lipinski definition) is 12. The van der Waals surface area contributed by atoms with E-state index in [2.05, 4.69) is 64.2 Å². The van der Waals surface area contributed by atoms with Crippen molar-refractivity contribution in [3.8, 4) is 23.1 Å². The van der Waals surface area contributed by atoms with Crippen molar-refractivity contribution >= 4 is 34.7 Å². The topological polar surface area (TPSA) is 171 Å². The standard InChI is InChI=1S/C31H31N13O/c32-18-25-36-20-37-31(39-25)43-16-14-41(15-17-43)19-21-3-5-22(6-4-21)44-29(23-2-1-10-35-28(23)33)38-24-7-8-26(40-30(24)44)42-12-9-27(45)34-11-13-42/h1-8,10,20H,9,11-17,19H2,(H2,33,35)(H,34,45). The molecule has 0 unspecified atom stereocenters. The summed E-state index contributed by atoms with van der Waals surface area (Å²) >= 11 is 0. The highest BCUT2D eigenvalue weighted by atomic mass is 16.1. The predicted molar refractivity (Wildman–Crippen MR) is 168 cm³/mol. The van der Waals surface area contributed by atoms with Crippen LogP contribution in [0.5, 0.6) is 0 Å². The third-order valence-electron chi connectivity index (χ3n) is 8.12. The highest BCUT2D eigenvalue weighted by Crippen LogP contribution is 2.31. The molecule has 0 bridgehead atoms. The van der Waals surface area contributed by atoms with Crippen LogP contribution in [0.1, 0.15) is 17.8 Å². The zero-order valence-electron chi connectivity index (χ0n) is 24.5. The van der Waals surface area contributed by atoms with Gasteiger partial charge in [0, 0.05) is 70.7 Å². The summed E-state index contributed by atoms with van der Waals surface area (Å²) in [5.41, 5.74) is 10.6. The van der Waals surface area contributed by atoms with Crippen LogP contribution in [-0.2, 0) is 11.3 Å². The number of fused-ring (bicyclic) bond motifs is 1. The third-order valence-corrected chi connectivity index (χ3v) is 8.12. The third kappa shape index (κ3) is 5.80. The molecule has 0 aliphatic carbocycles. The largest absolute Gasteiger partial charge is 0.383 e. The van der Waals surface area contributed by atoms with E-state index in [1.807, 2.05) is 34.9 Å². The summed E-state index contributed by atoms with van der Waals surface area (Å²) < 4.78 is 2.03. The number of aromatic nitrogens is 7. The van der Waals surface area contributed by atoms with Crippen LogP contribution in [0.25, 0.3) is 28.2 Å². The molecule has 6 heterocycles. The van der Waals surface area contributed by atoms with Crippen molar-refractivity contribution in [2.45, 2.75) is 13.0 Å². The molecule has 2 aliphatic rings. The molecule has 1 aromatic carbocycles. The van der Waals surface area contributed by atoms with E-state index in [9.17, 15) is 4.79 Å². The van der Waals surface area contributed by atoms with Crippen LogP contribution >= 0.6 is 0 Å². The molecule has 2 aliphatic heterocycles.